The number of carbonyl (C=O) groups is 1. The molecule has 0 aliphatic carbocycles. The molecule has 3 aromatic rings. The molecule has 1 aromatic heterocycles. The van der Waals surface area contributed by atoms with Crippen LogP contribution in [0.15, 0.2) is 54.7 Å². The van der Waals surface area contributed by atoms with Crippen LogP contribution in [0.2, 0.25) is 10.0 Å². The first-order chi connectivity index (χ1) is 13.6. The van der Waals surface area contributed by atoms with E-state index >= 15 is 0 Å². The number of anilines is 2. The first-order valence-corrected chi connectivity index (χ1v) is 10.1. The number of nitrogens with one attached hydrogen (secondary N) is 3. The van der Waals surface area contributed by atoms with Crippen LogP contribution >= 0.6 is 23.2 Å². The number of piperazine rings is 1. The summed E-state index contributed by atoms with van der Waals surface area (Å²) in [6.45, 7) is 4.05. The van der Waals surface area contributed by atoms with E-state index in [9.17, 15) is 4.79 Å². The van der Waals surface area contributed by atoms with Crippen LogP contribution in [0.5, 0.6) is 0 Å². The third-order valence-electron chi connectivity index (χ3n) is 5.11. The average molecular weight is 417 g/mol. The number of hydrogen-bond acceptors (Lipinski definition) is 2. The number of amides is 1. The normalized spacial score (nSPS) is 15.0. The van der Waals surface area contributed by atoms with Gasteiger partial charge in [0.15, 0.2) is 12.7 Å². The molecule has 0 bridgehead atoms. The minimum absolute atomic E-state index is 0.00838. The predicted octanol–water partition coefficient (Wildman–Crippen LogP) is 2.30. The lowest BCUT2D eigenvalue weighted by Gasteiger charge is -2.33. The van der Waals surface area contributed by atoms with Gasteiger partial charge in [-0.05, 0) is 24.3 Å². The molecule has 1 fully saturated rings. The van der Waals surface area contributed by atoms with E-state index in [1.165, 1.54) is 10.6 Å². The van der Waals surface area contributed by atoms with Crippen LogP contribution in [-0.4, -0.2) is 38.6 Å². The monoisotopic (exact) mass is 416 g/mol. The Morgan fingerprint density at radius 3 is 2.68 bits per heavy atom. The maximum atomic E-state index is 12.4. The molecular weight excluding hydrogens is 395 g/mol. The SMILES string of the molecule is O=C(C[NH+]1CCN(c2cc[nH+]c3cc(Cl)ccc23)CC1)Nc1ccccc1Cl. The zero-order valence-electron chi connectivity index (χ0n) is 15.3. The van der Waals surface area contributed by atoms with Gasteiger partial charge in [0.05, 0.1) is 48.0 Å². The summed E-state index contributed by atoms with van der Waals surface area (Å²) >= 11 is 12.2. The second-order valence-corrected chi connectivity index (χ2v) is 7.84. The fraction of sp³-hybridized carbons (Fsp3) is 0.238. The molecule has 0 saturated carbocycles. The highest BCUT2D eigenvalue weighted by atomic mass is 35.5. The molecule has 1 saturated heterocycles. The number of hydrogen-bond donors (Lipinski definition) is 2. The van der Waals surface area contributed by atoms with Gasteiger partial charge in [-0.25, -0.2) is 4.98 Å². The molecule has 5 nitrogen and oxygen atoms in total. The fourth-order valence-corrected chi connectivity index (χ4v) is 4.01. The van der Waals surface area contributed by atoms with Gasteiger partial charge in [-0.15, -0.1) is 0 Å². The van der Waals surface area contributed by atoms with Crippen molar-refractivity contribution in [3.8, 4) is 0 Å². The summed E-state index contributed by atoms with van der Waals surface area (Å²) in [5.41, 5.74) is 2.89. The molecule has 1 aliphatic heterocycles. The highest BCUT2D eigenvalue weighted by Crippen LogP contribution is 2.26. The van der Waals surface area contributed by atoms with E-state index in [1.54, 1.807) is 6.07 Å². The van der Waals surface area contributed by atoms with E-state index in [2.05, 4.69) is 27.3 Å². The summed E-state index contributed by atoms with van der Waals surface area (Å²) < 4.78 is 0. The summed E-state index contributed by atoms with van der Waals surface area (Å²) in [5.74, 6) is -0.00838. The van der Waals surface area contributed by atoms with Gasteiger partial charge in [0.25, 0.3) is 5.91 Å². The van der Waals surface area contributed by atoms with Crippen molar-refractivity contribution in [3.63, 3.8) is 0 Å². The predicted molar refractivity (Wildman–Crippen MR) is 113 cm³/mol. The van der Waals surface area contributed by atoms with Gasteiger partial charge in [-0.2, -0.15) is 0 Å². The summed E-state index contributed by atoms with van der Waals surface area (Å²) in [6, 6.07) is 15.3. The van der Waals surface area contributed by atoms with Crippen molar-refractivity contribution in [1.29, 1.82) is 0 Å². The molecular formula is C21H22Cl2N4O+2. The number of quaternary nitrogens is 1. The molecule has 1 aliphatic rings. The molecule has 0 spiro atoms. The molecule has 7 heteroatoms. The van der Waals surface area contributed by atoms with Crippen LogP contribution in [-0.2, 0) is 4.79 Å². The number of aromatic nitrogens is 1. The maximum Gasteiger partial charge on any atom is 0.279 e. The molecule has 0 radical (unpaired) electrons. The standard InChI is InChI=1S/C21H20Cl2N4O/c22-15-5-6-16-19(13-15)24-8-7-20(16)27-11-9-26(10-12-27)14-21(28)25-18-4-2-1-3-17(18)23/h1-8,13H,9-12,14H2,(H,25,28)/p+2. The van der Waals surface area contributed by atoms with Gasteiger partial charge < -0.3 is 15.1 Å². The first kappa shape index (κ1) is 19.0. The molecule has 3 N–H and O–H groups in total. The largest absolute Gasteiger partial charge is 0.359 e. The van der Waals surface area contributed by atoms with E-state index < -0.39 is 0 Å². The van der Waals surface area contributed by atoms with Crippen LogP contribution in [0.1, 0.15) is 0 Å². The Balaban J connectivity index is 1.37. The summed E-state index contributed by atoms with van der Waals surface area (Å²) in [7, 11) is 0. The van der Waals surface area contributed by atoms with Gasteiger partial charge in [0.2, 0.25) is 5.52 Å². The van der Waals surface area contributed by atoms with Crippen LogP contribution < -0.4 is 20.1 Å². The molecule has 0 unspecified atom stereocenters. The average Bonchev–Trinajstić information content (AvgIpc) is 2.70. The molecule has 4 rings (SSSR count). The van der Waals surface area contributed by atoms with Crippen molar-refractivity contribution in [2.75, 3.05) is 42.9 Å². The minimum atomic E-state index is -0.00838. The molecule has 28 heavy (non-hydrogen) atoms. The maximum absolute atomic E-state index is 12.4. The highest BCUT2D eigenvalue weighted by Gasteiger charge is 2.24. The van der Waals surface area contributed by atoms with E-state index in [0.29, 0.717) is 17.3 Å². The lowest BCUT2D eigenvalue weighted by atomic mass is 10.1. The number of fused-ring (bicyclic) bond motifs is 1. The van der Waals surface area contributed by atoms with Gasteiger partial charge in [-0.1, -0.05) is 35.3 Å². The number of benzene rings is 2. The third-order valence-corrected chi connectivity index (χ3v) is 5.67. The fourth-order valence-electron chi connectivity index (χ4n) is 3.66. The number of H-pyrrole nitrogens is 1. The van der Waals surface area contributed by atoms with Crippen LogP contribution in [0.4, 0.5) is 11.4 Å². The van der Waals surface area contributed by atoms with Crippen molar-refractivity contribution in [2.24, 2.45) is 0 Å². The zero-order chi connectivity index (χ0) is 19.5. The van der Waals surface area contributed by atoms with Crippen molar-refractivity contribution < 1.29 is 14.7 Å². The molecule has 2 heterocycles. The second kappa shape index (κ2) is 8.35. The lowest BCUT2D eigenvalue weighted by Crippen LogP contribution is -3.15. The van der Waals surface area contributed by atoms with Gasteiger partial charge in [0, 0.05) is 17.2 Å². The van der Waals surface area contributed by atoms with Gasteiger partial charge in [-0.3, -0.25) is 4.79 Å². The number of para-hydroxylation sites is 1. The van der Waals surface area contributed by atoms with E-state index in [-0.39, 0.29) is 5.91 Å². The van der Waals surface area contributed by atoms with Crippen molar-refractivity contribution in [1.82, 2.24) is 0 Å². The Labute approximate surface area is 173 Å². The topological polar surface area (TPSA) is 50.9 Å². The Bertz CT molecular complexity index is 1000. The van der Waals surface area contributed by atoms with E-state index in [0.717, 1.165) is 42.1 Å². The quantitative estimate of drug-likeness (QED) is 0.685. The second-order valence-electron chi connectivity index (χ2n) is 6.99. The van der Waals surface area contributed by atoms with E-state index in [4.69, 9.17) is 23.2 Å². The zero-order valence-corrected chi connectivity index (χ0v) is 16.9. The summed E-state index contributed by atoms with van der Waals surface area (Å²) in [4.78, 5) is 19.3. The van der Waals surface area contributed by atoms with Crippen LogP contribution in [0.3, 0.4) is 0 Å². The molecule has 1 amide bonds. The van der Waals surface area contributed by atoms with Gasteiger partial charge in [0.1, 0.15) is 0 Å². The van der Waals surface area contributed by atoms with Gasteiger partial charge >= 0.3 is 0 Å². The van der Waals surface area contributed by atoms with Crippen molar-refractivity contribution >= 4 is 51.4 Å². The Kier molecular flexibility index (Phi) is 5.67. The molecule has 2 aromatic carbocycles. The van der Waals surface area contributed by atoms with Crippen LogP contribution in [0.25, 0.3) is 10.9 Å². The highest BCUT2D eigenvalue weighted by molar-refractivity contribution is 6.33. The number of aromatic amines is 1. The first-order valence-electron chi connectivity index (χ1n) is 9.33. The number of halogens is 2. The van der Waals surface area contributed by atoms with Crippen molar-refractivity contribution in [2.45, 2.75) is 0 Å². The Hall–Kier alpha value is -2.34. The molecule has 0 atom stereocenters. The Morgan fingerprint density at radius 2 is 1.89 bits per heavy atom. The molecule has 144 valence electrons. The number of carbonyl (C=O) groups excluding carboxylic acids is 1. The van der Waals surface area contributed by atoms with E-state index in [1.807, 2.05) is 36.5 Å². The summed E-state index contributed by atoms with van der Waals surface area (Å²) in [5, 5.41) is 5.35. The number of pyridine rings is 1. The number of nitrogens with zero attached hydrogens (tertiary/aromatic N) is 1. The van der Waals surface area contributed by atoms with Crippen LogP contribution in [0, 0.1) is 0 Å². The van der Waals surface area contributed by atoms with Crippen molar-refractivity contribution in [3.05, 3.63) is 64.8 Å². The minimum Gasteiger partial charge on any atom is -0.359 e. The summed E-state index contributed by atoms with van der Waals surface area (Å²) in [6.07, 6.45) is 1.95. The number of rotatable bonds is 4. The third kappa shape index (κ3) is 4.22. The Morgan fingerprint density at radius 1 is 1.11 bits per heavy atom. The lowest BCUT2D eigenvalue weighted by molar-refractivity contribution is -0.892. The smallest absolute Gasteiger partial charge is 0.279 e.